The van der Waals surface area contributed by atoms with Gasteiger partial charge < -0.3 is 9.13 Å². The number of aryl methyl sites for hydroxylation is 2. The first-order valence-electron chi connectivity index (χ1n) is 22.8. The molecule has 9 aromatic carbocycles. The summed E-state index contributed by atoms with van der Waals surface area (Å²) in [6.07, 6.45) is -9.61. The van der Waals surface area contributed by atoms with Crippen LogP contribution in [0.4, 0.5) is 26.3 Å². The molecule has 68 heavy (non-hydrogen) atoms. The molecule has 5 heterocycles. The Bertz CT molecular complexity index is 4090. The fraction of sp³-hybridized carbons (Fsp3) is 0.0847. The van der Waals surface area contributed by atoms with Crippen LogP contribution in [-0.4, -0.2) is 15.8 Å². The zero-order valence-corrected chi connectivity index (χ0v) is 36.3. The van der Waals surface area contributed by atoms with E-state index in [4.69, 9.17) is 0 Å². The van der Waals surface area contributed by atoms with E-state index in [0.717, 1.165) is 117 Å². The molecule has 2 aromatic heterocycles. The smallest absolute Gasteiger partial charge is 0.310 e. The Morgan fingerprint density at radius 1 is 0.471 bits per heavy atom. The van der Waals surface area contributed by atoms with Gasteiger partial charge in [-0.1, -0.05) is 151 Å². The standard InChI is InChI=1S/C59H33BF6N2/c1-30-17-19-38-39-20-18-31(2)24-44(39)57(43(38)23-30)42-21-22-48-51-55(42)68-53-40(26-35(28-45(53)57)58(61,62)63)41-27-36(59(64,65)66)29-47(54(41)68)60(51)46-25-34-15-9-10-16-37(34)50-49(32-11-5-3-6-12-32)52(67(48)56(46)50)33-13-7-4-8-14-33/h3-29H,1-2H3. The van der Waals surface area contributed by atoms with E-state index in [2.05, 4.69) is 83.4 Å². The van der Waals surface area contributed by atoms with Crippen molar-refractivity contribution in [3.05, 3.63) is 208 Å². The van der Waals surface area contributed by atoms with Crippen molar-refractivity contribution >= 4 is 66.6 Å². The van der Waals surface area contributed by atoms with Crippen LogP contribution in [0.3, 0.4) is 0 Å². The predicted octanol–water partition coefficient (Wildman–Crippen LogP) is 13.7. The molecule has 2 nitrogen and oxygen atoms in total. The van der Waals surface area contributed by atoms with Gasteiger partial charge >= 0.3 is 12.4 Å². The second-order valence-electron chi connectivity index (χ2n) is 19.1. The monoisotopic (exact) mass is 894 g/mol. The van der Waals surface area contributed by atoms with Gasteiger partial charge in [-0.05, 0) is 110 Å². The molecule has 11 aromatic rings. The van der Waals surface area contributed by atoms with Gasteiger partial charge in [0, 0.05) is 38.6 Å². The number of halogens is 6. The number of aromatic nitrogens is 2. The molecule has 0 N–H and O–H groups in total. The first kappa shape index (κ1) is 38.3. The summed E-state index contributed by atoms with van der Waals surface area (Å²) < 4.78 is 98.0. The van der Waals surface area contributed by atoms with E-state index in [1.54, 1.807) is 0 Å². The SMILES string of the molecule is Cc1ccc2c(c1)C1(c3cc(C)ccc3-2)c2ccc3c4c2-n2c5c(cc(C(F)(F)F)cc5c5cc(C(F)(F)F)cc1c52)B4c1cc2ccccc2c2c(-c4ccccc4)c(-c4ccccc4)n-3c12. The van der Waals surface area contributed by atoms with Gasteiger partial charge in [0.15, 0.2) is 0 Å². The topological polar surface area (TPSA) is 9.86 Å². The van der Waals surface area contributed by atoms with E-state index >= 15 is 26.3 Å². The first-order chi connectivity index (χ1) is 32.8. The number of rotatable bonds is 2. The number of hydrogen-bond acceptors (Lipinski definition) is 0. The lowest BCUT2D eigenvalue weighted by Gasteiger charge is -2.44. The van der Waals surface area contributed by atoms with E-state index in [-0.39, 0.29) is 10.8 Å². The van der Waals surface area contributed by atoms with Crippen molar-refractivity contribution in [3.8, 4) is 44.9 Å². The fourth-order valence-electron chi connectivity index (χ4n) is 13.1. The molecule has 324 valence electrons. The minimum absolute atomic E-state index is 0.147. The molecule has 15 rings (SSSR count). The van der Waals surface area contributed by atoms with Crippen LogP contribution in [0.1, 0.15) is 44.5 Å². The molecule has 0 amide bonds. The summed E-state index contributed by atoms with van der Waals surface area (Å²) in [6.45, 7) is 3.25. The van der Waals surface area contributed by atoms with Crippen LogP contribution in [0.15, 0.2) is 164 Å². The van der Waals surface area contributed by atoms with Gasteiger partial charge in [-0.25, -0.2) is 0 Å². The highest BCUT2D eigenvalue weighted by molar-refractivity contribution is 7.00. The second kappa shape index (κ2) is 12.4. The van der Waals surface area contributed by atoms with Crippen LogP contribution in [0.25, 0.3) is 88.4 Å². The molecule has 0 fully saturated rings. The van der Waals surface area contributed by atoms with Gasteiger partial charge in [-0.2, -0.15) is 26.3 Å². The summed E-state index contributed by atoms with van der Waals surface area (Å²) in [6, 6.07) is 52.2. The molecule has 1 aliphatic carbocycles. The van der Waals surface area contributed by atoms with Gasteiger partial charge in [-0.3, -0.25) is 0 Å². The van der Waals surface area contributed by atoms with Gasteiger partial charge in [0.05, 0.1) is 33.3 Å². The Morgan fingerprint density at radius 2 is 1.06 bits per heavy atom. The van der Waals surface area contributed by atoms with Crippen LogP contribution >= 0.6 is 0 Å². The molecule has 3 aliphatic heterocycles. The summed E-state index contributed by atoms with van der Waals surface area (Å²) in [5, 5.41) is 3.22. The average molecular weight is 895 g/mol. The third-order valence-electron chi connectivity index (χ3n) is 15.6. The third-order valence-corrected chi connectivity index (χ3v) is 15.6. The van der Waals surface area contributed by atoms with Crippen LogP contribution < -0.4 is 16.4 Å². The zero-order chi connectivity index (χ0) is 45.9. The normalized spacial score (nSPS) is 14.6. The van der Waals surface area contributed by atoms with Crippen LogP contribution in [0.2, 0.25) is 0 Å². The Morgan fingerprint density at radius 3 is 1.72 bits per heavy atom. The maximum Gasteiger partial charge on any atom is 0.416 e. The Labute approximate surface area is 385 Å². The van der Waals surface area contributed by atoms with Crippen molar-refractivity contribution in [2.24, 2.45) is 0 Å². The number of alkyl halides is 6. The van der Waals surface area contributed by atoms with Crippen molar-refractivity contribution in [1.82, 2.24) is 9.13 Å². The van der Waals surface area contributed by atoms with Gasteiger partial charge in [-0.15, -0.1) is 0 Å². The molecule has 0 radical (unpaired) electrons. The minimum Gasteiger partial charge on any atom is -0.310 e. The van der Waals surface area contributed by atoms with Crippen LogP contribution in [0.5, 0.6) is 0 Å². The molecule has 0 bridgehead atoms. The van der Waals surface area contributed by atoms with Crippen LogP contribution in [-0.2, 0) is 17.8 Å². The maximum absolute atomic E-state index is 15.6. The number of fused-ring (bicyclic) bond motifs is 13. The lowest BCUT2D eigenvalue weighted by atomic mass is 9.33. The molecular weight excluding hydrogens is 861 g/mol. The molecule has 0 saturated heterocycles. The van der Waals surface area contributed by atoms with E-state index < -0.39 is 35.6 Å². The fourth-order valence-corrected chi connectivity index (χ4v) is 13.1. The van der Waals surface area contributed by atoms with E-state index in [0.29, 0.717) is 22.1 Å². The average Bonchev–Trinajstić information content (AvgIpc) is 3.96. The lowest BCUT2D eigenvalue weighted by Crippen LogP contribution is -2.60. The van der Waals surface area contributed by atoms with Crippen molar-refractivity contribution in [2.75, 3.05) is 0 Å². The lowest BCUT2D eigenvalue weighted by molar-refractivity contribution is -0.138. The van der Waals surface area contributed by atoms with Gasteiger partial charge in [0.1, 0.15) is 0 Å². The number of hydrogen-bond donors (Lipinski definition) is 0. The zero-order valence-electron chi connectivity index (χ0n) is 36.3. The summed E-state index contributed by atoms with van der Waals surface area (Å²) in [5.41, 5.74) is 13.0. The predicted molar refractivity (Wildman–Crippen MR) is 261 cm³/mol. The van der Waals surface area contributed by atoms with E-state index in [1.807, 2.05) is 79.1 Å². The summed E-state index contributed by atoms with van der Waals surface area (Å²) in [7, 11) is 0. The van der Waals surface area contributed by atoms with Crippen LogP contribution in [0, 0.1) is 13.8 Å². The largest absolute Gasteiger partial charge is 0.416 e. The maximum atomic E-state index is 15.6. The van der Waals surface area contributed by atoms with Gasteiger partial charge in [0.25, 0.3) is 6.71 Å². The Hall–Kier alpha value is -7.78. The highest BCUT2D eigenvalue weighted by atomic mass is 19.4. The highest BCUT2D eigenvalue weighted by Crippen LogP contribution is 2.63. The minimum atomic E-state index is -4.81. The second-order valence-corrected chi connectivity index (χ2v) is 19.1. The van der Waals surface area contributed by atoms with Gasteiger partial charge in [0.2, 0.25) is 0 Å². The third kappa shape index (κ3) is 4.48. The molecule has 1 spiro atoms. The molecule has 9 heteroatoms. The van der Waals surface area contributed by atoms with E-state index in [9.17, 15) is 0 Å². The van der Waals surface area contributed by atoms with E-state index in [1.165, 1.54) is 12.1 Å². The Kier molecular flexibility index (Phi) is 6.99. The van der Waals surface area contributed by atoms with Crippen molar-refractivity contribution in [1.29, 1.82) is 0 Å². The summed E-state index contributed by atoms with van der Waals surface area (Å²) >= 11 is 0. The molecule has 0 atom stereocenters. The molecule has 4 aliphatic rings. The first-order valence-corrected chi connectivity index (χ1v) is 22.8. The summed E-state index contributed by atoms with van der Waals surface area (Å²) in [5.74, 6) is 0. The number of nitrogens with zero attached hydrogens (tertiary/aromatic N) is 2. The molecule has 0 unspecified atom stereocenters. The highest BCUT2D eigenvalue weighted by Gasteiger charge is 2.55. The number of benzene rings is 9. The Balaban J connectivity index is 1.24. The molecule has 0 saturated carbocycles. The quantitative estimate of drug-likeness (QED) is 0.121. The van der Waals surface area contributed by atoms with Crippen molar-refractivity contribution < 1.29 is 26.3 Å². The van der Waals surface area contributed by atoms with Crippen molar-refractivity contribution in [3.63, 3.8) is 0 Å². The summed E-state index contributed by atoms with van der Waals surface area (Å²) in [4.78, 5) is 0. The molecular formula is C59H33BF6N2. The van der Waals surface area contributed by atoms with Crippen molar-refractivity contribution in [2.45, 2.75) is 31.6 Å².